The molecule has 7 heteroatoms. The molecule has 94 valence electrons. The van der Waals surface area contributed by atoms with Crippen LogP contribution in [0.4, 0.5) is 0 Å². The Labute approximate surface area is 96.2 Å². The predicted octanol–water partition coefficient (Wildman–Crippen LogP) is -1.35. The maximum absolute atomic E-state index is 11.5. The minimum Gasteiger partial charge on any atom is -0.356 e. The van der Waals surface area contributed by atoms with Gasteiger partial charge >= 0.3 is 0 Å². The number of hydrogen-bond donors (Lipinski definition) is 3. The molecular weight excluding hydrogens is 230 g/mol. The van der Waals surface area contributed by atoms with E-state index in [0.29, 0.717) is 19.5 Å². The van der Waals surface area contributed by atoms with E-state index in [1.807, 2.05) is 0 Å². The van der Waals surface area contributed by atoms with Gasteiger partial charge in [0.15, 0.2) is 0 Å². The fourth-order valence-electron chi connectivity index (χ4n) is 1.58. The fourth-order valence-corrected chi connectivity index (χ4v) is 2.10. The van der Waals surface area contributed by atoms with E-state index in [-0.39, 0.29) is 11.8 Å². The molecule has 16 heavy (non-hydrogen) atoms. The first kappa shape index (κ1) is 13.4. The topological polar surface area (TPSA) is 87.3 Å². The minimum absolute atomic E-state index is 0.0596. The lowest BCUT2D eigenvalue weighted by Crippen LogP contribution is -2.34. The predicted molar refractivity (Wildman–Crippen MR) is 61.4 cm³/mol. The Morgan fingerprint density at radius 1 is 1.44 bits per heavy atom. The Hall–Kier alpha value is -0.660. The molecule has 1 heterocycles. The van der Waals surface area contributed by atoms with Crippen LogP contribution < -0.4 is 15.4 Å². The number of rotatable bonds is 6. The first-order valence-corrected chi connectivity index (χ1v) is 7.31. The van der Waals surface area contributed by atoms with E-state index >= 15 is 0 Å². The summed E-state index contributed by atoms with van der Waals surface area (Å²) < 4.78 is 23.8. The number of hydrogen-bond acceptors (Lipinski definition) is 4. The molecule has 1 rings (SSSR count). The molecule has 0 aromatic carbocycles. The van der Waals surface area contributed by atoms with Crippen LogP contribution >= 0.6 is 0 Å². The summed E-state index contributed by atoms with van der Waals surface area (Å²) >= 11 is 0. The van der Waals surface area contributed by atoms with Gasteiger partial charge in [0.05, 0.1) is 12.2 Å². The Kier molecular flexibility index (Phi) is 5.17. The molecule has 1 atom stereocenters. The summed E-state index contributed by atoms with van der Waals surface area (Å²) in [6, 6.07) is 0. The van der Waals surface area contributed by atoms with Crippen molar-refractivity contribution in [3.8, 4) is 0 Å². The average molecular weight is 249 g/mol. The van der Waals surface area contributed by atoms with Crippen LogP contribution in [0.3, 0.4) is 0 Å². The highest BCUT2D eigenvalue weighted by Crippen LogP contribution is 2.06. The van der Waals surface area contributed by atoms with Crippen molar-refractivity contribution in [3.63, 3.8) is 0 Å². The Bertz CT molecular complexity index is 323. The Morgan fingerprint density at radius 3 is 2.75 bits per heavy atom. The highest BCUT2D eigenvalue weighted by molar-refractivity contribution is 7.88. The van der Waals surface area contributed by atoms with E-state index < -0.39 is 10.0 Å². The van der Waals surface area contributed by atoms with Gasteiger partial charge in [-0.2, -0.15) is 0 Å². The Balaban J connectivity index is 2.04. The molecule has 6 nitrogen and oxygen atoms in total. The van der Waals surface area contributed by atoms with Gasteiger partial charge in [-0.25, -0.2) is 13.1 Å². The van der Waals surface area contributed by atoms with Crippen LogP contribution in [0.5, 0.6) is 0 Å². The summed E-state index contributed by atoms with van der Waals surface area (Å²) in [6.45, 7) is 2.51. The molecule has 1 aliphatic rings. The van der Waals surface area contributed by atoms with E-state index in [1.54, 1.807) is 0 Å². The lowest BCUT2D eigenvalue weighted by Gasteiger charge is -2.09. The van der Waals surface area contributed by atoms with E-state index in [0.717, 1.165) is 25.8 Å². The summed E-state index contributed by atoms with van der Waals surface area (Å²) in [6.07, 6.45) is 2.61. The van der Waals surface area contributed by atoms with Crippen molar-refractivity contribution >= 4 is 15.9 Å². The number of nitrogens with one attached hydrogen (secondary N) is 3. The van der Waals surface area contributed by atoms with Crippen LogP contribution in [-0.4, -0.2) is 46.8 Å². The van der Waals surface area contributed by atoms with Crippen molar-refractivity contribution in [2.24, 2.45) is 5.92 Å². The van der Waals surface area contributed by atoms with Crippen molar-refractivity contribution in [2.75, 3.05) is 32.4 Å². The third-order valence-corrected chi connectivity index (χ3v) is 3.18. The molecule has 3 N–H and O–H groups in total. The van der Waals surface area contributed by atoms with E-state index in [4.69, 9.17) is 0 Å². The van der Waals surface area contributed by atoms with Crippen LogP contribution in [-0.2, 0) is 14.8 Å². The molecular formula is C9H19N3O3S. The largest absolute Gasteiger partial charge is 0.356 e. The monoisotopic (exact) mass is 249 g/mol. The first-order chi connectivity index (χ1) is 7.49. The average Bonchev–Trinajstić information content (AvgIpc) is 2.67. The summed E-state index contributed by atoms with van der Waals surface area (Å²) in [5.41, 5.74) is 0. The van der Waals surface area contributed by atoms with Crippen LogP contribution in [0.15, 0.2) is 0 Å². The molecule has 0 saturated carbocycles. The molecule has 0 spiro atoms. The van der Waals surface area contributed by atoms with Crippen LogP contribution in [0.25, 0.3) is 0 Å². The second kappa shape index (κ2) is 6.17. The molecule has 1 fully saturated rings. The standard InChI is InChI=1S/C9H19N3O3S/c1-16(14,15)12-5-2-4-11-9(13)8-3-6-10-7-8/h8,10,12H,2-7H2,1H3,(H,11,13). The molecule has 0 bridgehead atoms. The lowest BCUT2D eigenvalue weighted by atomic mass is 10.1. The second-order valence-corrected chi connectivity index (χ2v) is 5.83. The van der Waals surface area contributed by atoms with Gasteiger partial charge in [0.2, 0.25) is 15.9 Å². The van der Waals surface area contributed by atoms with Gasteiger partial charge in [0.25, 0.3) is 0 Å². The lowest BCUT2D eigenvalue weighted by molar-refractivity contribution is -0.124. The maximum Gasteiger partial charge on any atom is 0.224 e. The van der Waals surface area contributed by atoms with E-state index in [1.165, 1.54) is 0 Å². The van der Waals surface area contributed by atoms with Gasteiger partial charge < -0.3 is 10.6 Å². The Morgan fingerprint density at radius 2 is 2.19 bits per heavy atom. The smallest absolute Gasteiger partial charge is 0.224 e. The molecule has 0 aromatic heterocycles. The van der Waals surface area contributed by atoms with Gasteiger partial charge in [0, 0.05) is 19.6 Å². The van der Waals surface area contributed by atoms with Crippen molar-refractivity contribution in [2.45, 2.75) is 12.8 Å². The zero-order valence-electron chi connectivity index (χ0n) is 9.45. The van der Waals surface area contributed by atoms with E-state index in [9.17, 15) is 13.2 Å². The first-order valence-electron chi connectivity index (χ1n) is 5.42. The molecule has 1 aliphatic heterocycles. The molecule has 1 unspecified atom stereocenters. The molecule has 0 aliphatic carbocycles. The SMILES string of the molecule is CS(=O)(=O)NCCCNC(=O)C1CCNC1. The van der Waals surface area contributed by atoms with Gasteiger partial charge in [-0.15, -0.1) is 0 Å². The molecule has 0 radical (unpaired) electrons. The summed E-state index contributed by atoms with van der Waals surface area (Å²) in [5.74, 6) is 0.132. The summed E-state index contributed by atoms with van der Waals surface area (Å²) in [4.78, 5) is 11.5. The highest BCUT2D eigenvalue weighted by Gasteiger charge is 2.21. The van der Waals surface area contributed by atoms with Crippen molar-refractivity contribution in [1.29, 1.82) is 0 Å². The zero-order valence-corrected chi connectivity index (χ0v) is 10.3. The molecule has 1 amide bonds. The van der Waals surface area contributed by atoms with Crippen LogP contribution in [0.2, 0.25) is 0 Å². The number of carbonyl (C=O) groups excluding carboxylic acids is 1. The van der Waals surface area contributed by atoms with Gasteiger partial charge in [-0.3, -0.25) is 4.79 Å². The van der Waals surface area contributed by atoms with Gasteiger partial charge in [-0.05, 0) is 19.4 Å². The fraction of sp³-hybridized carbons (Fsp3) is 0.889. The zero-order chi connectivity index (χ0) is 12.0. The number of amides is 1. The number of carbonyl (C=O) groups is 1. The van der Waals surface area contributed by atoms with Gasteiger partial charge in [0.1, 0.15) is 0 Å². The second-order valence-electron chi connectivity index (χ2n) is 4.00. The summed E-state index contributed by atoms with van der Waals surface area (Å²) in [5, 5.41) is 5.92. The minimum atomic E-state index is -3.11. The van der Waals surface area contributed by atoms with Crippen molar-refractivity contribution < 1.29 is 13.2 Å². The van der Waals surface area contributed by atoms with Crippen LogP contribution in [0.1, 0.15) is 12.8 Å². The third-order valence-electron chi connectivity index (χ3n) is 2.45. The summed E-state index contributed by atoms with van der Waals surface area (Å²) in [7, 11) is -3.11. The molecule has 1 saturated heterocycles. The maximum atomic E-state index is 11.5. The highest BCUT2D eigenvalue weighted by atomic mass is 32.2. The van der Waals surface area contributed by atoms with Crippen LogP contribution in [0, 0.1) is 5.92 Å². The number of sulfonamides is 1. The van der Waals surface area contributed by atoms with Gasteiger partial charge in [-0.1, -0.05) is 0 Å². The van der Waals surface area contributed by atoms with Crippen molar-refractivity contribution in [3.05, 3.63) is 0 Å². The molecule has 0 aromatic rings. The third kappa shape index (κ3) is 5.43. The van der Waals surface area contributed by atoms with E-state index in [2.05, 4.69) is 15.4 Å². The quantitative estimate of drug-likeness (QED) is 0.508. The normalized spacial score (nSPS) is 20.9. The van der Waals surface area contributed by atoms with Crippen molar-refractivity contribution in [1.82, 2.24) is 15.4 Å².